The summed E-state index contributed by atoms with van der Waals surface area (Å²) in [5.41, 5.74) is 8.33. The van der Waals surface area contributed by atoms with Gasteiger partial charge in [-0.05, 0) is 47.2 Å². The first-order valence-electron chi connectivity index (χ1n) is 11.2. The number of hydrogen-bond donors (Lipinski definition) is 3. The minimum absolute atomic E-state index is 0.274. The van der Waals surface area contributed by atoms with Gasteiger partial charge in [-0.1, -0.05) is 54.6 Å². The third-order valence-corrected chi connectivity index (χ3v) is 6.38. The maximum absolute atomic E-state index is 11.9. The minimum atomic E-state index is -0.947. The summed E-state index contributed by atoms with van der Waals surface area (Å²) in [5.74, 6) is 0.398. The molecule has 0 spiro atoms. The van der Waals surface area contributed by atoms with E-state index in [0.717, 1.165) is 46.4 Å². The largest absolute Gasteiger partial charge is 0.478 e. The van der Waals surface area contributed by atoms with E-state index >= 15 is 0 Å². The molecule has 2 fully saturated rings. The van der Waals surface area contributed by atoms with Gasteiger partial charge in [0, 0.05) is 12.5 Å². The number of aromatic nitrogens is 2. The zero-order valence-electron chi connectivity index (χ0n) is 18.2. The molecule has 0 radical (unpaired) electrons. The first-order chi connectivity index (χ1) is 16.6. The Balaban J connectivity index is 1.35. The van der Waals surface area contributed by atoms with Crippen molar-refractivity contribution in [2.75, 3.05) is 0 Å². The summed E-state index contributed by atoms with van der Waals surface area (Å²) in [4.78, 5) is 33.0. The Morgan fingerprint density at radius 1 is 1.06 bits per heavy atom. The highest BCUT2D eigenvalue weighted by molar-refractivity contribution is 6.01. The van der Waals surface area contributed by atoms with E-state index < -0.39 is 18.2 Å². The van der Waals surface area contributed by atoms with Crippen molar-refractivity contribution < 1.29 is 19.5 Å². The van der Waals surface area contributed by atoms with E-state index in [-0.39, 0.29) is 5.56 Å². The molecule has 3 aromatic carbocycles. The third-order valence-electron chi connectivity index (χ3n) is 6.38. The number of benzene rings is 3. The molecule has 2 heterocycles. The Bertz CT molecular complexity index is 1420. The second-order valence-corrected chi connectivity index (χ2v) is 8.68. The predicted molar refractivity (Wildman–Crippen MR) is 125 cm³/mol. The van der Waals surface area contributed by atoms with Crippen molar-refractivity contribution in [2.45, 2.75) is 31.5 Å². The van der Waals surface area contributed by atoms with Gasteiger partial charge in [-0.2, -0.15) is 0 Å². The van der Waals surface area contributed by atoms with Gasteiger partial charge in [-0.25, -0.2) is 14.6 Å². The molecule has 34 heavy (non-hydrogen) atoms. The standard InChI is InChI=1S/C26H22N4O4/c31-25(32)20-6-3-7-21-22(20)30(24(27-21)17-12-13-17)14-15-8-10-16(11-9-15)18-4-1-2-5-19(18)23-28-26(33)34-29-23/h1-11,17,23,29H,12-14H2,(H,28,33)(H,31,32). The molecular weight excluding hydrogens is 432 g/mol. The average molecular weight is 454 g/mol. The van der Waals surface area contributed by atoms with Crippen LogP contribution in [0.25, 0.3) is 22.2 Å². The number of carbonyl (C=O) groups is 2. The molecule has 1 aromatic heterocycles. The van der Waals surface area contributed by atoms with Gasteiger partial charge in [0.2, 0.25) is 0 Å². The summed E-state index contributed by atoms with van der Waals surface area (Å²) in [6.45, 7) is 0.544. The van der Waals surface area contributed by atoms with E-state index in [1.54, 1.807) is 12.1 Å². The van der Waals surface area contributed by atoms with Crippen LogP contribution in [0.5, 0.6) is 0 Å². The van der Waals surface area contributed by atoms with Crippen LogP contribution >= 0.6 is 0 Å². The lowest BCUT2D eigenvalue weighted by Crippen LogP contribution is -2.22. The number of hydroxylamine groups is 1. The van der Waals surface area contributed by atoms with Gasteiger partial charge < -0.3 is 14.5 Å². The van der Waals surface area contributed by atoms with Crippen molar-refractivity contribution in [3.05, 3.63) is 89.2 Å². The molecule has 1 atom stereocenters. The normalized spacial score (nSPS) is 17.5. The fourth-order valence-electron chi connectivity index (χ4n) is 4.60. The van der Waals surface area contributed by atoms with Crippen LogP contribution in [0.3, 0.4) is 0 Å². The maximum atomic E-state index is 11.9. The van der Waals surface area contributed by atoms with Crippen molar-refractivity contribution >= 4 is 23.1 Å². The lowest BCUT2D eigenvalue weighted by Gasteiger charge is -2.15. The first kappa shape index (κ1) is 20.4. The number of carboxylic acids is 1. The van der Waals surface area contributed by atoms with Gasteiger partial charge in [0.25, 0.3) is 0 Å². The van der Waals surface area contributed by atoms with Crippen LogP contribution in [-0.2, 0) is 11.4 Å². The maximum Gasteiger partial charge on any atom is 0.427 e. The molecule has 1 saturated heterocycles. The second-order valence-electron chi connectivity index (χ2n) is 8.68. The number of amides is 1. The van der Waals surface area contributed by atoms with Crippen molar-refractivity contribution in [1.29, 1.82) is 0 Å². The van der Waals surface area contributed by atoms with Crippen LogP contribution in [0.4, 0.5) is 4.79 Å². The monoisotopic (exact) mass is 454 g/mol. The summed E-state index contributed by atoms with van der Waals surface area (Å²) in [7, 11) is 0. The van der Waals surface area contributed by atoms with Crippen molar-refractivity contribution in [3.63, 3.8) is 0 Å². The fraction of sp³-hybridized carbons (Fsp3) is 0.192. The van der Waals surface area contributed by atoms with E-state index in [1.165, 1.54) is 0 Å². The Morgan fingerprint density at radius 3 is 2.56 bits per heavy atom. The molecule has 4 aromatic rings. The highest BCUT2D eigenvalue weighted by Crippen LogP contribution is 2.41. The summed E-state index contributed by atoms with van der Waals surface area (Å²) in [5, 5.41) is 12.5. The SMILES string of the molecule is O=C1NC(c2ccccc2-c2ccc(Cn3c(C4CC4)nc4cccc(C(=O)O)c43)cc2)NO1. The number of carboxylic acid groups (broad SMARTS) is 1. The topological polar surface area (TPSA) is 105 Å². The number of hydrogen-bond acceptors (Lipinski definition) is 5. The molecule has 0 bridgehead atoms. The van der Waals surface area contributed by atoms with Crippen LogP contribution in [0.15, 0.2) is 66.7 Å². The molecule has 8 heteroatoms. The number of para-hydroxylation sites is 1. The minimum Gasteiger partial charge on any atom is -0.478 e. The molecule has 1 saturated carbocycles. The van der Waals surface area contributed by atoms with Gasteiger partial charge in [-0.15, -0.1) is 5.48 Å². The van der Waals surface area contributed by atoms with Gasteiger partial charge in [0.15, 0.2) is 0 Å². The van der Waals surface area contributed by atoms with Gasteiger partial charge in [0.1, 0.15) is 12.0 Å². The molecule has 2 aliphatic rings. The van der Waals surface area contributed by atoms with Crippen LogP contribution in [-0.4, -0.2) is 26.7 Å². The zero-order valence-corrected chi connectivity index (χ0v) is 18.2. The molecule has 1 amide bonds. The summed E-state index contributed by atoms with van der Waals surface area (Å²) in [6, 6.07) is 21.3. The molecule has 3 N–H and O–H groups in total. The molecule has 1 aliphatic carbocycles. The van der Waals surface area contributed by atoms with Crippen LogP contribution in [0.2, 0.25) is 0 Å². The van der Waals surface area contributed by atoms with E-state index in [4.69, 9.17) is 9.82 Å². The Hall–Kier alpha value is -4.17. The second kappa shape index (κ2) is 8.00. The number of carbonyl (C=O) groups excluding carboxylic acids is 1. The molecule has 8 nitrogen and oxygen atoms in total. The van der Waals surface area contributed by atoms with E-state index in [0.29, 0.717) is 18.0 Å². The average Bonchev–Trinajstić information content (AvgIpc) is 3.51. The Kier molecular flexibility index (Phi) is 4.81. The summed E-state index contributed by atoms with van der Waals surface area (Å²) < 4.78 is 2.06. The summed E-state index contributed by atoms with van der Waals surface area (Å²) >= 11 is 0. The van der Waals surface area contributed by atoms with Crippen LogP contribution in [0, 0.1) is 0 Å². The van der Waals surface area contributed by atoms with Crippen LogP contribution < -0.4 is 10.8 Å². The molecule has 170 valence electrons. The lowest BCUT2D eigenvalue weighted by molar-refractivity contribution is 0.0698. The highest BCUT2D eigenvalue weighted by atomic mass is 16.7. The van der Waals surface area contributed by atoms with Gasteiger partial charge in [-0.3, -0.25) is 5.32 Å². The Morgan fingerprint density at radius 2 is 1.85 bits per heavy atom. The molecule has 6 rings (SSSR count). The van der Waals surface area contributed by atoms with Gasteiger partial charge >= 0.3 is 12.1 Å². The number of aromatic carboxylic acids is 1. The quantitative estimate of drug-likeness (QED) is 0.394. The Labute approximate surface area is 195 Å². The van der Waals surface area contributed by atoms with Crippen molar-refractivity contribution in [2.24, 2.45) is 0 Å². The van der Waals surface area contributed by atoms with E-state index in [1.807, 2.05) is 42.5 Å². The molecule has 1 aliphatic heterocycles. The number of nitrogens with one attached hydrogen (secondary N) is 2. The number of imidazole rings is 1. The zero-order chi connectivity index (χ0) is 23.2. The number of nitrogens with zero attached hydrogens (tertiary/aromatic N) is 2. The predicted octanol–water partition coefficient (Wildman–Crippen LogP) is 4.57. The number of rotatable bonds is 6. The fourth-order valence-corrected chi connectivity index (χ4v) is 4.60. The first-order valence-corrected chi connectivity index (χ1v) is 11.2. The molecule has 1 unspecified atom stereocenters. The highest BCUT2D eigenvalue weighted by Gasteiger charge is 2.31. The van der Waals surface area contributed by atoms with Crippen molar-refractivity contribution in [3.8, 4) is 11.1 Å². The van der Waals surface area contributed by atoms with Crippen LogP contribution in [0.1, 0.15) is 52.2 Å². The van der Waals surface area contributed by atoms with E-state index in [9.17, 15) is 14.7 Å². The smallest absolute Gasteiger partial charge is 0.427 e. The molecular formula is C26H22N4O4. The summed E-state index contributed by atoms with van der Waals surface area (Å²) in [6.07, 6.45) is 1.24. The third kappa shape index (κ3) is 3.58. The van der Waals surface area contributed by atoms with E-state index in [2.05, 4.69) is 27.5 Å². The lowest BCUT2D eigenvalue weighted by atomic mass is 9.97. The van der Waals surface area contributed by atoms with Gasteiger partial charge in [0.05, 0.1) is 16.6 Å². The van der Waals surface area contributed by atoms with Crippen molar-refractivity contribution in [1.82, 2.24) is 20.3 Å². The number of fused-ring (bicyclic) bond motifs is 1.